The maximum Gasteiger partial charge on any atom is 0.359 e. The van der Waals surface area contributed by atoms with Crippen LogP contribution in [0.5, 0.6) is 0 Å². The first-order valence-electron chi connectivity index (χ1n) is 13.2. The van der Waals surface area contributed by atoms with Crippen LogP contribution in [0.25, 0.3) is 5.70 Å². The van der Waals surface area contributed by atoms with Gasteiger partial charge in [-0.15, -0.1) is 0 Å². The van der Waals surface area contributed by atoms with Crippen LogP contribution >= 0.6 is 0 Å². The molecule has 1 aliphatic rings. The van der Waals surface area contributed by atoms with Gasteiger partial charge in [0.2, 0.25) is 5.95 Å². The van der Waals surface area contributed by atoms with Crippen LogP contribution in [0.1, 0.15) is 71.1 Å². The second kappa shape index (κ2) is 12.5. The lowest BCUT2D eigenvalue weighted by molar-refractivity contribution is 0.661. The molecule has 1 aliphatic carbocycles. The minimum atomic E-state index is -0.618. The van der Waals surface area contributed by atoms with E-state index in [2.05, 4.69) is 54.5 Å². The van der Waals surface area contributed by atoms with Crippen molar-refractivity contribution >= 4 is 11.6 Å². The topological polar surface area (TPSA) is 68.9 Å². The summed E-state index contributed by atoms with van der Waals surface area (Å²) in [7, 11) is 0. The first kappa shape index (κ1) is 28.6. The van der Waals surface area contributed by atoms with Crippen molar-refractivity contribution < 1.29 is 0 Å². The zero-order chi connectivity index (χ0) is 28.0. The van der Waals surface area contributed by atoms with Crippen molar-refractivity contribution in [3.63, 3.8) is 0 Å². The number of hydrogen-bond donors (Lipinski definition) is 1. The van der Waals surface area contributed by atoms with E-state index in [0.29, 0.717) is 5.70 Å². The van der Waals surface area contributed by atoms with E-state index in [1.54, 1.807) is 10.6 Å². The lowest BCUT2D eigenvalue weighted by Crippen LogP contribution is -2.42. The summed E-state index contributed by atoms with van der Waals surface area (Å²) in [6.45, 7) is 16.3. The summed E-state index contributed by atoms with van der Waals surface area (Å²) < 4.78 is 2.71. The summed E-state index contributed by atoms with van der Waals surface area (Å²) in [6, 6.07) is 6.17. The van der Waals surface area contributed by atoms with Crippen molar-refractivity contribution in [2.75, 3.05) is 5.32 Å². The molecule has 38 heavy (non-hydrogen) atoms. The summed E-state index contributed by atoms with van der Waals surface area (Å²) in [5.74, 6) is 0.228. The number of hydrogen-bond acceptors (Lipinski definition) is 4. The predicted molar refractivity (Wildman–Crippen MR) is 159 cm³/mol. The molecule has 0 unspecified atom stereocenters. The summed E-state index contributed by atoms with van der Waals surface area (Å²) >= 11 is 0. The predicted octanol–water partition coefficient (Wildman–Crippen LogP) is 6.83. The molecule has 6 nitrogen and oxygen atoms in total. The maximum absolute atomic E-state index is 14.0. The van der Waals surface area contributed by atoms with E-state index in [1.165, 1.54) is 5.57 Å². The highest BCUT2D eigenvalue weighted by Gasteiger charge is 2.18. The molecule has 0 saturated heterocycles. The van der Waals surface area contributed by atoms with E-state index in [9.17, 15) is 9.59 Å². The molecule has 0 bridgehead atoms. The monoisotopic (exact) mass is 512 g/mol. The Labute approximate surface area is 226 Å². The summed E-state index contributed by atoms with van der Waals surface area (Å²) in [5.41, 5.74) is 7.80. The Morgan fingerprint density at radius 2 is 1.84 bits per heavy atom. The molecule has 0 fully saturated rings. The molecule has 0 amide bonds. The van der Waals surface area contributed by atoms with Crippen LogP contribution in [-0.4, -0.2) is 14.1 Å². The average Bonchev–Trinajstić information content (AvgIpc) is 2.88. The van der Waals surface area contributed by atoms with Gasteiger partial charge in [0.15, 0.2) is 0 Å². The van der Waals surface area contributed by atoms with Crippen LogP contribution in [0.15, 0.2) is 92.2 Å². The average molecular weight is 513 g/mol. The fourth-order valence-corrected chi connectivity index (χ4v) is 4.33. The lowest BCUT2D eigenvalue weighted by atomic mass is 10.00. The fraction of sp³-hybridized carbons (Fsp3) is 0.344. The molecule has 1 N–H and O–H groups in total. The van der Waals surface area contributed by atoms with Gasteiger partial charge in [-0.3, -0.25) is 4.57 Å². The second-order valence-corrected chi connectivity index (χ2v) is 9.94. The minimum absolute atomic E-state index is 0.228. The first-order chi connectivity index (χ1) is 18.1. The van der Waals surface area contributed by atoms with E-state index in [1.807, 2.05) is 59.8 Å². The quantitative estimate of drug-likeness (QED) is 0.394. The zero-order valence-corrected chi connectivity index (χ0v) is 24.0. The molecule has 0 spiro atoms. The summed E-state index contributed by atoms with van der Waals surface area (Å²) in [6.07, 6.45) is 13.7. The van der Waals surface area contributed by atoms with Crippen LogP contribution < -0.4 is 16.7 Å². The molecule has 1 aromatic carbocycles. The Morgan fingerprint density at radius 1 is 1.11 bits per heavy atom. The fourth-order valence-electron chi connectivity index (χ4n) is 4.33. The number of anilines is 1. The SMILES string of the molecule is C/C=C1/C=C(Nc2nc(=O)n(C(/C=C(C)\C=C(/C)CC)=C/C)c(=O)n2Cc2cc(C)ccc2C)C(C)=CC1. The molecule has 200 valence electrons. The summed E-state index contributed by atoms with van der Waals surface area (Å²) in [5, 5.41) is 3.30. The molecule has 2 aromatic rings. The number of rotatable bonds is 8. The number of nitrogens with one attached hydrogen (secondary N) is 1. The van der Waals surface area contributed by atoms with Crippen LogP contribution in [-0.2, 0) is 6.54 Å². The Kier molecular flexibility index (Phi) is 9.45. The van der Waals surface area contributed by atoms with Crippen LogP contribution in [0.2, 0.25) is 0 Å². The van der Waals surface area contributed by atoms with Crippen molar-refractivity contribution in [2.24, 2.45) is 0 Å². The van der Waals surface area contributed by atoms with Gasteiger partial charge in [-0.1, -0.05) is 60.6 Å². The molecular weight excluding hydrogens is 472 g/mol. The van der Waals surface area contributed by atoms with Gasteiger partial charge in [0.25, 0.3) is 0 Å². The highest BCUT2D eigenvalue weighted by atomic mass is 16.2. The van der Waals surface area contributed by atoms with Gasteiger partial charge in [0, 0.05) is 5.70 Å². The van der Waals surface area contributed by atoms with E-state index in [-0.39, 0.29) is 12.5 Å². The number of aryl methyl sites for hydroxylation is 2. The van der Waals surface area contributed by atoms with Gasteiger partial charge in [0.1, 0.15) is 0 Å². The van der Waals surface area contributed by atoms with E-state index in [4.69, 9.17) is 0 Å². The number of benzene rings is 1. The number of aromatic nitrogens is 3. The van der Waals surface area contributed by atoms with Crippen molar-refractivity contribution in [1.82, 2.24) is 14.1 Å². The summed E-state index contributed by atoms with van der Waals surface area (Å²) in [4.78, 5) is 31.8. The Bertz CT molecular complexity index is 1520. The van der Waals surface area contributed by atoms with E-state index < -0.39 is 11.4 Å². The van der Waals surface area contributed by atoms with Gasteiger partial charge in [-0.05, 0) is 101 Å². The maximum atomic E-state index is 14.0. The smallest absolute Gasteiger partial charge is 0.325 e. The van der Waals surface area contributed by atoms with Crippen LogP contribution in [0, 0.1) is 13.8 Å². The number of nitrogens with zero attached hydrogens (tertiary/aromatic N) is 3. The zero-order valence-electron chi connectivity index (χ0n) is 24.0. The van der Waals surface area contributed by atoms with Crippen molar-refractivity contribution in [2.45, 2.75) is 74.8 Å². The van der Waals surface area contributed by atoms with Crippen molar-refractivity contribution in [3.8, 4) is 0 Å². The van der Waals surface area contributed by atoms with Crippen LogP contribution in [0.3, 0.4) is 0 Å². The minimum Gasteiger partial charge on any atom is -0.325 e. The van der Waals surface area contributed by atoms with Gasteiger partial charge < -0.3 is 5.32 Å². The molecular formula is C32H40N4O2. The van der Waals surface area contributed by atoms with Gasteiger partial charge >= 0.3 is 11.4 Å². The first-order valence-corrected chi connectivity index (χ1v) is 13.2. The third kappa shape index (κ3) is 6.68. The molecule has 3 rings (SSSR count). The highest BCUT2D eigenvalue weighted by Crippen LogP contribution is 2.23. The second-order valence-electron chi connectivity index (χ2n) is 9.94. The molecule has 0 saturated carbocycles. The van der Waals surface area contributed by atoms with Gasteiger partial charge in [-0.2, -0.15) is 4.98 Å². The molecule has 0 radical (unpaired) electrons. The van der Waals surface area contributed by atoms with E-state index >= 15 is 0 Å². The Morgan fingerprint density at radius 3 is 2.50 bits per heavy atom. The lowest BCUT2D eigenvalue weighted by Gasteiger charge is -2.20. The molecule has 6 heteroatoms. The molecule has 0 aliphatic heterocycles. The molecule has 0 atom stereocenters. The van der Waals surface area contributed by atoms with Crippen molar-refractivity contribution in [1.29, 1.82) is 0 Å². The largest absolute Gasteiger partial charge is 0.359 e. The normalized spacial score (nSPS) is 16.0. The van der Waals surface area contributed by atoms with E-state index in [0.717, 1.165) is 56.5 Å². The highest BCUT2D eigenvalue weighted by molar-refractivity contribution is 5.59. The van der Waals surface area contributed by atoms with Gasteiger partial charge in [0.05, 0.1) is 12.2 Å². The Hall–Kier alpha value is -3.93. The van der Waals surface area contributed by atoms with Gasteiger partial charge in [-0.25, -0.2) is 14.2 Å². The number of allylic oxidation sites excluding steroid dienone is 11. The standard InChI is InChI=1S/C32H40N4O2/c1-9-21(4)16-23(6)18-28(11-3)36-31(37)34-30(33-29-19-26(10-2)15-14-25(29)8)35(32(36)38)20-27-17-22(5)12-13-24(27)7/h10-14,16-19H,9,15,20H2,1-8H3,(H,33,34,37)/b21-16+,23-18-,26-10+,28-11+. The molecule has 1 heterocycles. The van der Waals surface area contributed by atoms with Crippen LogP contribution in [0.4, 0.5) is 5.95 Å². The Balaban J connectivity index is 2.23. The third-order valence-electron chi connectivity index (χ3n) is 6.88. The molecule has 1 aromatic heterocycles. The third-order valence-corrected chi connectivity index (χ3v) is 6.88. The van der Waals surface area contributed by atoms with Crippen molar-refractivity contribution in [3.05, 3.63) is 120 Å².